The largest absolute Gasteiger partial charge is 0.490 e. The minimum atomic E-state index is -0.119. The Morgan fingerprint density at radius 3 is 2.06 bits per heavy atom. The molecule has 1 N–H and O–H groups in total. The minimum absolute atomic E-state index is 0.0103. The van der Waals surface area contributed by atoms with E-state index < -0.39 is 0 Å². The Labute approximate surface area is 185 Å². The molecule has 0 spiro atoms. The average molecular weight is 418 g/mol. The van der Waals surface area contributed by atoms with Crippen molar-refractivity contribution in [2.45, 2.75) is 39.2 Å². The first-order chi connectivity index (χ1) is 15.2. The van der Waals surface area contributed by atoms with E-state index >= 15 is 0 Å². The molecule has 4 nitrogen and oxygen atoms in total. The Hall–Kier alpha value is -3.27. The molecular formula is C27H31NO3. The number of aryl methyl sites for hydroxylation is 1. The van der Waals surface area contributed by atoms with Crippen LogP contribution in [0.4, 0.5) is 0 Å². The maximum absolute atomic E-state index is 12.8. The highest BCUT2D eigenvalue weighted by atomic mass is 16.5. The van der Waals surface area contributed by atoms with Crippen molar-refractivity contribution in [3.8, 4) is 11.5 Å². The van der Waals surface area contributed by atoms with Crippen molar-refractivity contribution in [2.75, 3.05) is 13.2 Å². The summed E-state index contributed by atoms with van der Waals surface area (Å²) >= 11 is 0. The minimum Gasteiger partial charge on any atom is -0.490 e. The highest BCUT2D eigenvalue weighted by molar-refractivity contribution is 5.79. The maximum atomic E-state index is 12.8. The molecule has 3 aromatic carbocycles. The molecule has 0 saturated heterocycles. The van der Waals surface area contributed by atoms with Crippen LogP contribution in [0.5, 0.6) is 11.5 Å². The fourth-order valence-electron chi connectivity index (χ4n) is 3.59. The van der Waals surface area contributed by atoms with Gasteiger partial charge in [0.05, 0.1) is 25.7 Å². The van der Waals surface area contributed by atoms with Gasteiger partial charge in [-0.25, -0.2) is 0 Å². The summed E-state index contributed by atoms with van der Waals surface area (Å²) in [4.78, 5) is 12.8. The highest BCUT2D eigenvalue weighted by Gasteiger charge is 2.18. The van der Waals surface area contributed by atoms with E-state index in [-0.39, 0.29) is 11.9 Å². The standard InChI is InChI=1S/C27H31NO3/c1-3-30-25-18-16-23(20-26(25)31-4-2)24(17-15-21-11-7-5-8-12-21)28-27(29)19-22-13-9-6-10-14-22/h5-14,16,18,20,24H,3-4,15,17,19H2,1-2H3,(H,28,29)/t24-/m1/s1. The van der Waals surface area contributed by atoms with Crippen molar-refractivity contribution < 1.29 is 14.3 Å². The molecule has 1 amide bonds. The SMILES string of the molecule is CCOc1ccc([C@@H](CCc2ccccc2)NC(=O)Cc2ccccc2)cc1OCC. The van der Waals surface area contributed by atoms with Crippen LogP contribution >= 0.6 is 0 Å². The van der Waals surface area contributed by atoms with Crippen molar-refractivity contribution in [1.29, 1.82) is 0 Å². The predicted molar refractivity (Wildman–Crippen MR) is 125 cm³/mol. The Morgan fingerprint density at radius 2 is 1.42 bits per heavy atom. The molecule has 31 heavy (non-hydrogen) atoms. The number of amides is 1. The van der Waals surface area contributed by atoms with E-state index in [1.807, 2.05) is 80.6 Å². The third-order valence-corrected chi connectivity index (χ3v) is 5.08. The molecular weight excluding hydrogens is 386 g/mol. The summed E-state index contributed by atoms with van der Waals surface area (Å²) in [6.07, 6.45) is 2.02. The number of nitrogens with one attached hydrogen (secondary N) is 1. The predicted octanol–water partition coefficient (Wildman–Crippen LogP) is 5.52. The molecule has 0 saturated carbocycles. The molecule has 0 bridgehead atoms. The van der Waals surface area contributed by atoms with Gasteiger partial charge in [0.25, 0.3) is 0 Å². The van der Waals surface area contributed by atoms with Gasteiger partial charge in [-0.05, 0) is 55.5 Å². The molecule has 0 radical (unpaired) electrons. The van der Waals surface area contributed by atoms with Gasteiger partial charge in [0.1, 0.15) is 0 Å². The zero-order valence-electron chi connectivity index (χ0n) is 18.3. The summed E-state index contributed by atoms with van der Waals surface area (Å²) in [6.45, 7) is 5.04. The van der Waals surface area contributed by atoms with E-state index in [9.17, 15) is 4.79 Å². The zero-order valence-corrected chi connectivity index (χ0v) is 18.3. The van der Waals surface area contributed by atoms with Gasteiger partial charge < -0.3 is 14.8 Å². The molecule has 0 heterocycles. The van der Waals surface area contributed by atoms with Crippen LogP contribution in [0.25, 0.3) is 0 Å². The first kappa shape index (κ1) is 22.4. The Morgan fingerprint density at radius 1 is 0.806 bits per heavy atom. The third kappa shape index (κ3) is 6.88. The fraction of sp³-hybridized carbons (Fsp3) is 0.296. The van der Waals surface area contributed by atoms with Gasteiger partial charge in [-0.2, -0.15) is 0 Å². The summed E-state index contributed by atoms with van der Waals surface area (Å²) in [5.41, 5.74) is 3.27. The van der Waals surface area contributed by atoms with Crippen molar-refractivity contribution >= 4 is 5.91 Å². The summed E-state index contributed by atoms with van der Waals surface area (Å²) < 4.78 is 11.5. The monoisotopic (exact) mass is 417 g/mol. The van der Waals surface area contributed by atoms with Gasteiger partial charge in [-0.1, -0.05) is 66.7 Å². The molecule has 0 aliphatic rings. The second-order valence-corrected chi connectivity index (χ2v) is 7.38. The van der Waals surface area contributed by atoms with E-state index in [1.165, 1.54) is 5.56 Å². The number of hydrogen-bond acceptors (Lipinski definition) is 3. The molecule has 3 rings (SSSR count). The van der Waals surface area contributed by atoms with Crippen LogP contribution < -0.4 is 14.8 Å². The van der Waals surface area contributed by atoms with Crippen molar-refractivity contribution in [3.05, 3.63) is 95.6 Å². The van der Waals surface area contributed by atoms with Crippen LogP contribution in [0.3, 0.4) is 0 Å². The van der Waals surface area contributed by atoms with E-state index in [0.29, 0.717) is 25.4 Å². The fourth-order valence-corrected chi connectivity index (χ4v) is 3.59. The molecule has 0 aliphatic heterocycles. The van der Waals surface area contributed by atoms with Gasteiger partial charge >= 0.3 is 0 Å². The topological polar surface area (TPSA) is 47.6 Å². The lowest BCUT2D eigenvalue weighted by molar-refractivity contribution is -0.121. The second-order valence-electron chi connectivity index (χ2n) is 7.38. The molecule has 1 atom stereocenters. The van der Waals surface area contributed by atoms with Gasteiger partial charge in [0.15, 0.2) is 11.5 Å². The van der Waals surface area contributed by atoms with Crippen LogP contribution in [0.1, 0.15) is 43.0 Å². The van der Waals surface area contributed by atoms with Gasteiger partial charge in [-0.3, -0.25) is 4.79 Å². The van der Waals surface area contributed by atoms with Crippen LogP contribution in [0.15, 0.2) is 78.9 Å². The maximum Gasteiger partial charge on any atom is 0.224 e. The number of ether oxygens (including phenoxy) is 2. The van der Waals surface area contributed by atoms with Crippen molar-refractivity contribution in [3.63, 3.8) is 0 Å². The third-order valence-electron chi connectivity index (χ3n) is 5.08. The number of hydrogen-bond donors (Lipinski definition) is 1. The molecule has 0 unspecified atom stereocenters. The summed E-state index contributed by atoms with van der Waals surface area (Å²) in [5, 5.41) is 3.24. The first-order valence-corrected chi connectivity index (χ1v) is 11.0. The van der Waals surface area contributed by atoms with E-state index in [4.69, 9.17) is 9.47 Å². The molecule has 0 fully saturated rings. The van der Waals surface area contributed by atoms with Gasteiger partial charge in [0, 0.05) is 0 Å². The lowest BCUT2D eigenvalue weighted by Crippen LogP contribution is -2.30. The average Bonchev–Trinajstić information content (AvgIpc) is 2.79. The number of benzene rings is 3. The van der Waals surface area contributed by atoms with Crippen LogP contribution in [-0.2, 0) is 17.6 Å². The van der Waals surface area contributed by atoms with Gasteiger partial charge in [-0.15, -0.1) is 0 Å². The Kier molecular flexibility index (Phi) is 8.53. The normalized spacial score (nSPS) is 11.5. The van der Waals surface area contributed by atoms with E-state index in [2.05, 4.69) is 17.4 Å². The highest BCUT2D eigenvalue weighted by Crippen LogP contribution is 2.32. The molecule has 0 aromatic heterocycles. The molecule has 3 aromatic rings. The summed E-state index contributed by atoms with van der Waals surface area (Å²) in [5.74, 6) is 1.45. The summed E-state index contributed by atoms with van der Waals surface area (Å²) in [7, 11) is 0. The molecule has 4 heteroatoms. The number of rotatable bonds is 11. The first-order valence-electron chi connectivity index (χ1n) is 11.0. The van der Waals surface area contributed by atoms with Gasteiger partial charge in [0.2, 0.25) is 5.91 Å². The Bertz CT molecular complexity index is 941. The van der Waals surface area contributed by atoms with Crippen molar-refractivity contribution in [1.82, 2.24) is 5.32 Å². The van der Waals surface area contributed by atoms with E-state index in [1.54, 1.807) is 0 Å². The lowest BCUT2D eigenvalue weighted by Gasteiger charge is -2.21. The Balaban J connectivity index is 1.80. The number of carbonyl (C=O) groups is 1. The molecule has 162 valence electrons. The number of carbonyl (C=O) groups excluding carboxylic acids is 1. The van der Waals surface area contributed by atoms with Crippen LogP contribution in [0.2, 0.25) is 0 Å². The second kappa shape index (κ2) is 11.8. The zero-order chi connectivity index (χ0) is 21.9. The van der Waals surface area contributed by atoms with Crippen molar-refractivity contribution in [2.24, 2.45) is 0 Å². The molecule has 0 aliphatic carbocycles. The lowest BCUT2D eigenvalue weighted by atomic mass is 9.98. The van der Waals surface area contributed by atoms with Crippen LogP contribution in [-0.4, -0.2) is 19.1 Å². The van der Waals surface area contributed by atoms with E-state index in [0.717, 1.165) is 29.7 Å². The summed E-state index contributed by atoms with van der Waals surface area (Å²) in [6, 6.07) is 26.0. The van der Waals surface area contributed by atoms with Crippen LogP contribution in [0, 0.1) is 0 Å². The smallest absolute Gasteiger partial charge is 0.224 e. The quantitative estimate of drug-likeness (QED) is 0.447.